The van der Waals surface area contributed by atoms with Crippen molar-refractivity contribution in [3.05, 3.63) is 158 Å². The summed E-state index contributed by atoms with van der Waals surface area (Å²) in [6.07, 6.45) is 3.77. The normalized spacial score (nSPS) is 14.3. The third kappa shape index (κ3) is 7.35. The number of hydrogen-bond acceptors (Lipinski definition) is 9. The number of fused-ring (bicyclic) bond motifs is 1. The van der Waals surface area contributed by atoms with E-state index < -0.39 is 16.9 Å². The minimum absolute atomic E-state index is 0.00831. The van der Waals surface area contributed by atoms with Gasteiger partial charge in [0.1, 0.15) is 12.4 Å². The number of carbonyl (C=O) groups excluding carboxylic acids is 1. The van der Waals surface area contributed by atoms with Crippen molar-refractivity contribution < 1.29 is 19.2 Å². The zero-order valence-corrected chi connectivity index (χ0v) is 30.9. The molecule has 1 atom stereocenters. The molecule has 0 bridgehead atoms. The molecule has 4 aromatic carbocycles. The SMILES string of the molecule is CCOC(=O)C1=C(c2ccccc2)N=c2s/c(=C\c3cc(Br)c(OCc4ccc([N+](=O)[O-])cc4)c(Br)c3)c(=O)n2[C@H]1c1ccc(SC)cc1. The molecule has 1 aliphatic rings. The highest BCUT2D eigenvalue weighted by atomic mass is 79.9. The van der Waals surface area contributed by atoms with Gasteiger partial charge in [-0.3, -0.25) is 19.5 Å². The number of carbonyl (C=O) groups is 1. The minimum atomic E-state index is -0.766. The summed E-state index contributed by atoms with van der Waals surface area (Å²) in [6, 6.07) is 26.3. The lowest BCUT2D eigenvalue weighted by molar-refractivity contribution is -0.384. The van der Waals surface area contributed by atoms with Gasteiger partial charge in [-0.1, -0.05) is 53.8 Å². The fourth-order valence-corrected chi connectivity index (χ4v) is 8.22. The molecule has 1 aliphatic heterocycles. The third-order valence-electron chi connectivity index (χ3n) is 7.65. The van der Waals surface area contributed by atoms with E-state index in [1.54, 1.807) is 41.5 Å². The van der Waals surface area contributed by atoms with Gasteiger partial charge in [-0.25, -0.2) is 9.79 Å². The molecule has 0 aliphatic carbocycles. The molecule has 13 heteroatoms. The van der Waals surface area contributed by atoms with Crippen LogP contribution in [-0.2, 0) is 16.1 Å². The van der Waals surface area contributed by atoms with E-state index in [2.05, 4.69) is 31.9 Å². The van der Waals surface area contributed by atoms with Crippen LogP contribution < -0.4 is 19.6 Å². The summed E-state index contributed by atoms with van der Waals surface area (Å²) >= 11 is 10.0. The van der Waals surface area contributed by atoms with Crippen LogP contribution in [-0.4, -0.2) is 28.3 Å². The first kappa shape index (κ1) is 34.6. The van der Waals surface area contributed by atoms with Crippen LogP contribution in [0.1, 0.15) is 35.2 Å². The van der Waals surface area contributed by atoms with Gasteiger partial charge in [-0.2, -0.15) is 0 Å². The Morgan fingerprint density at radius 1 is 1.04 bits per heavy atom. The molecule has 5 aromatic rings. The van der Waals surface area contributed by atoms with E-state index in [1.165, 1.54) is 23.5 Å². The standard InChI is InChI=1S/C36H27Br2N3O6S2/c1-3-46-35(43)30-31(23-7-5-4-6-8-23)39-36-40(32(30)24-11-15-26(48-2)16-12-24)34(42)29(49-36)19-22-17-27(37)33(28(38)18-22)47-20-21-9-13-25(14-10-21)41(44)45/h4-19,32H,3,20H2,1-2H3/b29-19-/t32-/m0/s1. The first-order valence-electron chi connectivity index (χ1n) is 15.0. The van der Waals surface area contributed by atoms with E-state index in [1.807, 2.05) is 73.0 Å². The lowest BCUT2D eigenvalue weighted by Gasteiger charge is -2.26. The van der Waals surface area contributed by atoms with Crippen LogP contribution in [0.5, 0.6) is 5.75 Å². The van der Waals surface area contributed by atoms with E-state index in [4.69, 9.17) is 14.5 Å². The van der Waals surface area contributed by atoms with Crippen LogP contribution in [0.4, 0.5) is 5.69 Å². The zero-order valence-electron chi connectivity index (χ0n) is 26.1. The molecule has 49 heavy (non-hydrogen) atoms. The lowest BCUT2D eigenvalue weighted by Crippen LogP contribution is -2.40. The molecular weight excluding hydrogens is 794 g/mol. The molecule has 0 N–H and O–H groups in total. The van der Waals surface area contributed by atoms with Gasteiger partial charge >= 0.3 is 5.97 Å². The smallest absolute Gasteiger partial charge is 0.338 e. The Balaban J connectivity index is 1.44. The molecule has 0 spiro atoms. The van der Waals surface area contributed by atoms with Gasteiger partial charge in [0, 0.05) is 22.6 Å². The maximum atomic E-state index is 14.3. The van der Waals surface area contributed by atoms with E-state index in [0.29, 0.717) is 35.3 Å². The number of non-ortho nitro benzene ring substituents is 1. The van der Waals surface area contributed by atoms with Crippen LogP contribution >= 0.6 is 55.0 Å². The number of ether oxygens (including phenoxy) is 2. The summed E-state index contributed by atoms with van der Waals surface area (Å²) in [5.41, 5.74) is 3.47. The number of nitro benzene ring substituents is 1. The molecule has 0 amide bonds. The molecule has 0 saturated carbocycles. The van der Waals surface area contributed by atoms with Crippen molar-refractivity contribution in [1.82, 2.24) is 4.57 Å². The lowest BCUT2D eigenvalue weighted by atomic mass is 9.93. The summed E-state index contributed by atoms with van der Waals surface area (Å²) in [4.78, 5) is 44.9. The molecule has 1 aromatic heterocycles. The highest BCUT2D eigenvalue weighted by Gasteiger charge is 2.35. The van der Waals surface area contributed by atoms with Crippen molar-refractivity contribution in [2.45, 2.75) is 24.5 Å². The summed E-state index contributed by atoms with van der Waals surface area (Å²) in [7, 11) is 0. The number of esters is 1. The molecular formula is C36H27Br2N3O6S2. The Bertz CT molecular complexity index is 2250. The first-order chi connectivity index (χ1) is 23.7. The molecule has 0 fully saturated rings. The molecule has 0 radical (unpaired) electrons. The quantitative estimate of drug-likeness (QED) is 0.0616. The predicted molar refractivity (Wildman–Crippen MR) is 199 cm³/mol. The van der Waals surface area contributed by atoms with E-state index in [0.717, 1.165) is 27.1 Å². The van der Waals surface area contributed by atoms with Gasteiger partial charge < -0.3 is 9.47 Å². The molecule has 0 unspecified atom stereocenters. The molecule has 6 rings (SSSR count). The van der Waals surface area contributed by atoms with Crippen LogP contribution in [0.15, 0.2) is 120 Å². The molecule has 0 saturated heterocycles. The van der Waals surface area contributed by atoms with Crippen molar-refractivity contribution in [3.63, 3.8) is 0 Å². The van der Waals surface area contributed by atoms with Crippen molar-refractivity contribution in [3.8, 4) is 5.75 Å². The minimum Gasteiger partial charge on any atom is -0.487 e. The van der Waals surface area contributed by atoms with Crippen LogP contribution in [0, 0.1) is 10.1 Å². The monoisotopic (exact) mass is 819 g/mol. The fourth-order valence-electron chi connectivity index (χ4n) is 5.36. The van der Waals surface area contributed by atoms with Crippen molar-refractivity contribution in [1.29, 1.82) is 0 Å². The van der Waals surface area contributed by atoms with Gasteiger partial charge in [0.05, 0.1) is 42.3 Å². The number of rotatable bonds is 10. The second-order valence-electron chi connectivity index (χ2n) is 10.7. The van der Waals surface area contributed by atoms with Gasteiger partial charge in [0.2, 0.25) is 0 Å². The van der Waals surface area contributed by atoms with Crippen molar-refractivity contribution in [2.75, 3.05) is 12.9 Å². The number of thiazole rings is 1. The van der Waals surface area contributed by atoms with E-state index in [9.17, 15) is 19.7 Å². The average molecular weight is 822 g/mol. The number of nitrogens with zero attached hydrogens (tertiary/aromatic N) is 3. The van der Waals surface area contributed by atoms with Gasteiger partial charge in [-0.05, 0) is 104 Å². The van der Waals surface area contributed by atoms with Gasteiger partial charge in [-0.15, -0.1) is 11.8 Å². The highest BCUT2D eigenvalue weighted by Crippen LogP contribution is 2.37. The summed E-state index contributed by atoms with van der Waals surface area (Å²) in [6.45, 7) is 2.11. The number of thioether (sulfide) groups is 1. The average Bonchev–Trinajstić information content (AvgIpc) is 3.41. The molecule has 248 valence electrons. The van der Waals surface area contributed by atoms with Crippen molar-refractivity contribution >= 4 is 78.4 Å². The number of aromatic nitrogens is 1. The summed E-state index contributed by atoms with van der Waals surface area (Å²) in [5, 5.41) is 11.0. The summed E-state index contributed by atoms with van der Waals surface area (Å²) in [5.74, 6) is 0.00716. The number of nitro groups is 1. The Morgan fingerprint density at radius 2 is 1.71 bits per heavy atom. The Kier molecular flexibility index (Phi) is 10.6. The first-order valence-corrected chi connectivity index (χ1v) is 18.6. The van der Waals surface area contributed by atoms with Gasteiger partial charge in [0.25, 0.3) is 11.2 Å². The Morgan fingerprint density at radius 3 is 2.33 bits per heavy atom. The highest BCUT2D eigenvalue weighted by molar-refractivity contribution is 9.11. The number of hydrogen-bond donors (Lipinski definition) is 0. The van der Waals surface area contributed by atoms with Crippen LogP contribution in [0.2, 0.25) is 0 Å². The maximum absolute atomic E-state index is 14.3. The van der Waals surface area contributed by atoms with Crippen LogP contribution in [0.25, 0.3) is 11.8 Å². The molecule has 9 nitrogen and oxygen atoms in total. The maximum Gasteiger partial charge on any atom is 0.338 e. The third-order valence-corrected chi connectivity index (χ3v) is 10.6. The van der Waals surface area contributed by atoms with E-state index >= 15 is 0 Å². The van der Waals surface area contributed by atoms with E-state index in [-0.39, 0.29) is 24.5 Å². The Labute approximate surface area is 306 Å². The summed E-state index contributed by atoms with van der Waals surface area (Å²) < 4.78 is 14.9. The molecule has 2 heterocycles. The largest absolute Gasteiger partial charge is 0.487 e. The second-order valence-corrected chi connectivity index (χ2v) is 14.3. The number of halogens is 2. The zero-order chi connectivity index (χ0) is 34.7. The predicted octanol–water partition coefficient (Wildman–Crippen LogP) is 7.67. The topological polar surface area (TPSA) is 113 Å². The fraction of sp³-hybridized carbons (Fsp3) is 0.139. The second kappa shape index (κ2) is 15.1. The van der Waals surface area contributed by atoms with Crippen LogP contribution in [0.3, 0.4) is 0 Å². The Hall–Kier alpha value is -4.30. The van der Waals surface area contributed by atoms with Crippen molar-refractivity contribution in [2.24, 2.45) is 4.99 Å². The van der Waals surface area contributed by atoms with Gasteiger partial charge in [0.15, 0.2) is 4.80 Å². The number of benzene rings is 4.